The Morgan fingerprint density at radius 1 is 1.20 bits per heavy atom. The van der Waals surface area contributed by atoms with Crippen LogP contribution in [0.5, 0.6) is 0 Å². The second-order valence-corrected chi connectivity index (χ2v) is 6.30. The summed E-state index contributed by atoms with van der Waals surface area (Å²) in [5, 5.41) is 8.01. The van der Waals surface area contributed by atoms with E-state index in [-0.39, 0.29) is 17.1 Å². The molecule has 7 nitrogen and oxygen atoms in total. The first-order valence-corrected chi connectivity index (χ1v) is 8.25. The van der Waals surface area contributed by atoms with E-state index in [1.54, 1.807) is 0 Å². The first-order chi connectivity index (χ1) is 11.4. The maximum absolute atomic E-state index is 10.9. The van der Waals surface area contributed by atoms with Crippen LogP contribution in [0.3, 0.4) is 0 Å². The number of anilines is 1. The van der Waals surface area contributed by atoms with E-state index in [0.717, 1.165) is 11.0 Å². The van der Waals surface area contributed by atoms with Crippen molar-refractivity contribution in [1.29, 1.82) is 0 Å². The van der Waals surface area contributed by atoms with Crippen molar-refractivity contribution in [1.82, 2.24) is 20.6 Å². The van der Waals surface area contributed by atoms with Gasteiger partial charge in [-0.2, -0.15) is 0 Å². The molecular weight excluding hydrogens is 441 g/mol. The Hall–Kier alpha value is -1.30. The topological polar surface area (TPSA) is 91.1 Å². The summed E-state index contributed by atoms with van der Waals surface area (Å²) >= 11 is 18.4. The number of methoxy groups -OCH3 is 1. The molecule has 1 aromatic carbocycles. The third kappa shape index (κ3) is 10.3. The summed E-state index contributed by atoms with van der Waals surface area (Å²) in [6, 6.07) is 7.51. The molecule has 1 radical (unpaired) electrons. The van der Waals surface area contributed by atoms with E-state index in [4.69, 9.17) is 0 Å². The van der Waals surface area contributed by atoms with Gasteiger partial charge in [0.25, 0.3) is 0 Å². The normalized spacial score (nSPS) is 9.00. The number of ether oxygens (including phenoxy) is 1. The van der Waals surface area contributed by atoms with Gasteiger partial charge in [0, 0.05) is 13.1 Å². The van der Waals surface area contributed by atoms with Crippen molar-refractivity contribution in [3.05, 3.63) is 24.3 Å². The molecule has 12 heteroatoms. The van der Waals surface area contributed by atoms with E-state index in [1.807, 2.05) is 24.3 Å². The Morgan fingerprint density at radius 2 is 1.76 bits per heavy atom. The molecule has 0 unspecified atom stereocenters. The zero-order valence-electron chi connectivity index (χ0n) is 13.0. The molecule has 25 heavy (non-hydrogen) atoms. The maximum Gasteiger partial charge on any atom is 2.00 e. The minimum absolute atomic E-state index is 0. The van der Waals surface area contributed by atoms with Crippen LogP contribution in [0.2, 0.25) is 0 Å². The second-order valence-electron chi connectivity index (χ2n) is 4.15. The Morgan fingerprint density at radius 3 is 2.24 bits per heavy atom. The fraction of sp³-hybridized carbons (Fsp3) is 0.231. The maximum atomic E-state index is 10.9. The Kier molecular flexibility index (Phi) is 12.3. The summed E-state index contributed by atoms with van der Waals surface area (Å²) in [5.74, 6) is 0.387. The smallest absolute Gasteiger partial charge is 0.453 e. The quantitative estimate of drug-likeness (QED) is 0.237. The molecule has 1 amide bonds. The molecule has 0 aliphatic carbocycles. The number of carbonyl (C=O) groups excluding carboxylic acids is 1. The second kappa shape index (κ2) is 13.0. The summed E-state index contributed by atoms with van der Waals surface area (Å²) in [4.78, 5) is 17.9. The van der Waals surface area contributed by atoms with Crippen molar-refractivity contribution in [2.75, 3.05) is 25.5 Å². The molecular formula is C13H15MnN5O2S4. The van der Waals surface area contributed by atoms with Gasteiger partial charge >= 0.3 is 23.2 Å². The molecule has 0 fully saturated rings. The molecule has 2 aromatic rings. The van der Waals surface area contributed by atoms with Crippen molar-refractivity contribution in [3.8, 4) is 0 Å². The third-order valence-electron chi connectivity index (χ3n) is 2.46. The van der Waals surface area contributed by atoms with Gasteiger partial charge in [-0.1, -0.05) is 20.8 Å². The van der Waals surface area contributed by atoms with Gasteiger partial charge in [0.05, 0.1) is 18.1 Å². The van der Waals surface area contributed by atoms with E-state index >= 15 is 0 Å². The number of hydrogen-bond donors (Lipinski definition) is 4. The van der Waals surface area contributed by atoms with E-state index in [1.165, 1.54) is 7.11 Å². The number of rotatable bonds is 4. The molecule has 0 aliphatic heterocycles. The summed E-state index contributed by atoms with van der Waals surface area (Å²) in [6.07, 6.45) is -0.538. The first kappa shape index (κ1) is 23.7. The molecule has 1 aromatic heterocycles. The van der Waals surface area contributed by atoms with Gasteiger partial charge in [-0.3, -0.25) is 5.32 Å². The number of aromatic nitrogens is 2. The van der Waals surface area contributed by atoms with E-state index in [2.05, 4.69) is 80.3 Å². The molecule has 135 valence electrons. The number of H-pyrrole nitrogens is 1. The minimum atomic E-state index is -0.538. The summed E-state index contributed by atoms with van der Waals surface area (Å²) in [6.45, 7) is 1.33. The average molecular weight is 457 g/mol. The number of para-hydroxylation sites is 2. The molecule has 1 heterocycles. The van der Waals surface area contributed by atoms with Crippen LogP contribution in [0.1, 0.15) is 0 Å². The van der Waals surface area contributed by atoms with Crippen LogP contribution in [-0.4, -0.2) is 44.9 Å². The van der Waals surface area contributed by atoms with Gasteiger partial charge in [0.1, 0.15) is 0 Å². The van der Waals surface area contributed by atoms with Crippen LogP contribution in [0.15, 0.2) is 24.3 Å². The number of imidazole rings is 1. The number of fused-ring (bicyclic) bond motifs is 1. The number of aromatic amines is 1. The number of hydrogen-bond acceptors (Lipinski definition) is 7. The summed E-state index contributed by atoms with van der Waals surface area (Å²) in [5.41, 5.74) is 1.68. The van der Waals surface area contributed by atoms with Crippen LogP contribution in [0.4, 0.5) is 10.7 Å². The Labute approximate surface area is 177 Å². The third-order valence-corrected chi connectivity index (χ3v) is 3.04. The van der Waals surface area contributed by atoms with Gasteiger partial charge in [0.2, 0.25) is 5.95 Å². The number of nitrogens with zero attached hydrogens (tertiary/aromatic N) is 1. The minimum Gasteiger partial charge on any atom is -0.453 e. The Balaban J connectivity index is 0.000000471. The monoisotopic (exact) mass is 456 g/mol. The molecule has 0 saturated carbocycles. The molecule has 0 atom stereocenters. The van der Waals surface area contributed by atoms with E-state index < -0.39 is 6.09 Å². The standard InChI is InChI=1S/C9H9N3O2.C4H8N2S4.Mn/c1-14-9(13)12-8-10-6-4-2-3-5-7(6)11-8;7-3(8)5-1-2-6-4(9)10;/h2-5H,1H3,(H2,10,11,12,13);1-2H2,(H2,5,7,8)(H2,6,9,10);/q;;+2/p-2. The van der Waals surface area contributed by atoms with Crippen LogP contribution in [0, 0.1) is 0 Å². The predicted molar refractivity (Wildman–Crippen MR) is 108 cm³/mol. The van der Waals surface area contributed by atoms with Crippen molar-refractivity contribution in [2.24, 2.45) is 0 Å². The van der Waals surface area contributed by atoms with Gasteiger partial charge < -0.3 is 70.0 Å². The largest absolute Gasteiger partial charge is 2.00 e. The van der Waals surface area contributed by atoms with Crippen molar-refractivity contribution < 1.29 is 26.6 Å². The van der Waals surface area contributed by atoms with Crippen LogP contribution >= 0.6 is 24.4 Å². The number of benzene rings is 1. The molecule has 0 aliphatic rings. The fourth-order valence-corrected chi connectivity index (χ4v) is 1.90. The summed E-state index contributed by atoms with van der Waals surface area (Å²) in [7, 11) is 1.30. The number of thiocarbonyl (C=S) groups is 2. The van der Waals surface area contributed by atoms with Crippen molar-refractivity contribution >= 4 is 81.4 Å². The number of carbonyl (C=O) groups is 1. The predicted octanol–water partition coefficient (Wildman–Crippen LogP) is 1.57. The molecule has 4 N–H and O–H groups in total. The number of amides is 1. The fourth-order valence-electron chi connectivity index (χ4n) is 1.49. The zero-order chi connectivity index (χ0) is 17.9. The molecule has 2 rings (SSSR count). The van der Waals surface area contributed by atoms with Crippen LogP contribution in [0.25, 0.3) is 11.0 Å². The first-order valence-electron chi connectivity index (χ1n) is 6.61. The Bertz CT molecular complexity index is 664. The van der Waals surface area contributed by atoms with Crippen LogP contribution < -0.4 is 16.0 Å². The number of nitrogens with one attached hydrogen (secondary N) is 4. The van der Waals surface area contributed by atoms with Gasteiger partial charge in [0.15, 0.2) is 0 Å². The molecule has 0 saturated heterocycles. The summed E-state index contributed by atoms with van der Waals surface area (Å²) < 4.78 is 5.18. The van der Waals surface area contributed by atoms with Crippen molar-refractivity contribution in [3.63, 3.8) is 0 Å². The van der Waals surface area contributed by atoms with Gasteiger partial charge in [-0.05, 0) is 12.1 Å². The SMILES string of the molecule is COC(=O)Nc1nc2ccccc2[nH]1.S=C([S-])NCCNC(=S)[S-].[Mn+2]. The molecule has 0 bridgehead atoms. The van der Waals surface area contributed by atoms with E-state index in [0.29, 0.717) is 27.7 Å². The zero-order valence-corrected chi connectivity index (χ0v) is 17.4. The van der Waals surface area contributed by atoms with Crippen LogP contribution in [-0.2, 0) is 47.1 Å². The van der Waals surface area contributed by atoms with Crippen molar-refractivity contribution in [2.45, 2.75) is 0 Å². The van der Waals surface area contributed by atoms with Gasteiger partial charge in [-0.15, -0.1) is 0 Å². The molecule has 0 spiro atoms. The average Bonchev–Trinajstić information content (AvgIpc) is 2.94. The van der Waals surface area contributed by atoms with E-state index in [9.17, 15) is 4.79 Å². The van der Waals surface area contributed by atoms with Gasteiger partial charge in [-0.25, -0.2) is 9.78 Å².